The monoisotopic (exact) mass is 1230 g/mol. The number of rotatable bonds is 45. The second-order valence-electron chi connectivity index (χ2n) is 20.0. The van der Waals surface area contributed by atoms with E-state index in [-0.39, 0.29) is 140 Å². The minimum absolute atomic E-state index is 0.00578. The zero-order valence-corrected chi connectivity index (χ0v) is 49.3. The Labute approximate surface area is 498 Å². The van der Waals surface area contributed by atoms with Gasteiger partial charge in [-0.2, -0.15) is 0 Å². The van der Waals surface area contributed by atoms with Gasteiger partial charge in [0.1, 0.15) is 48.3 Å². The lowest BCUT2D eigenvalue weighted by Crippen LogP contribution is -2.61. The molecule has 86 heavy (non-hydrogen) atoms. The SMILES string of the molecule is CC[C@H](C)[C@H](NC(=O)[C@H](CCCN=C(N)N)NC(=O)[C@H](C)NC(=O)[C@H](CCCN=C(N)N)NC(=O)[C@@H](N)CCCN=C(N)N)C(=O)N[C@@H](CCCN=C(N)N)C(=O)N[C@@H](CC(=O)O)C(=O)N[C@@H](CCCN=C(N)N)C(=O)N[C@@H](CCCCN)C(=O)O. The van der Waals surface area contributed by atoms with Crippen LogP contribution in [0.4, 0.5) is 0 Å². The molecule has 0 rings (SSSR count). The smallest absolute Gasteiger partial charge is 0.326 e. The van der Waals surface area contributed by atoms with Gasteiger partial charge >= 0.3 is 11.9 Å². The number of hydrogen-bond acceptors (Lipinski definition) is 17. The average Bonchev–Trinajstić information content (AvgIpc) is 2.83. The molecule has 0 aliphatic carbocycles. The second-order valence-corrected chi connectivity index (χ2v) is 20.0. The van der Waals surface area contributed by atoms with E-state index in [9.17, 15) is 58.2 Å². The number of carbonyl (C=O) groups excluding carboxylic acids is 8. The summed E-state index contributed by atoms with van der Waals surface area (Å²) < 4.78 is 0. The number of amides is 8. The predicted molar refractivity (Wildman–Crippen MR) is 321 cm³/mol. The first-order valence-electron chi connectivity index (χ1n) is 28.0. The van der Waals surface area contributed by atoms with E-state index in [1.54, 1.807) is 13.8 Å². The van der Waals surface area contributed by atoms with Gasteiger partial charge in [-0.3, -0.25) is 68.1 Å². The highest BCUT2D eigenvalue weighted by atomic mass is 16.4. The molecule has 0 aliphatic heterocycles. The van der Waals surface area contributed by atoms with Gasteiger partial charge in [0, 0.05) is 32.7 Å². The van der Waals surface area contributed by atoms with Gasteiger partial charge in [0.05, 0.1) is 12.5 Å². The van der Waals surface area contributed by atoms with Gasteiger partial charge in [-0.05, 0) is 103 Å². The highest BCUT2D eigenvalue weighted by Gasteiger charge is 2.36. The lowest BCUT2D eigenvalue weighted by Gasteiger charge is -2.29. The van der Waals surface area contributed by atoms with Crippen molar-refractivity contribution >= 4 is 89.0 Å². The van der Waals surface area contributed by atoms with Crippen LogP contribution in [0.2, 0.25) is 0 Å². The number of unbranched alkanes of at least 4 members (excludes halogenated alkanes) is 1. The third kappa shape index (κ3) is 34.5. The van der Waals surface area contributed by atoms with Crippen molar-refractivity contribution in [2.75, 3.05) is 39.3 Å². The molecule has 488 valence electrons. The van der Waals surface area contributed by atoms with Crippen LogP contribution >= 0.6 is 0 Å². The van der Waals surface area contributed by atoms with Gasteiger partial charge in [-0.1, -0.05) is 20.3 Å². The van der Waals surface area contributed by atoms with Crippen LogP contribution in [0, 0.1) is 5.92 Å². The predicted octanol–water partition coefficient (Wildman–Crippen LogP) is -8.79. The second kappa shape index (κ2) is 42.7. The Hall–Kier alpha value is -9.03. The van der Waals surface area contributed by atoms with Crippen molar-refractivity contribution in [2.24, 2.45) is 99.7 Å². The molecular weight excluding hydrogens is 1130 g/mol. The van der Waals surface area contributed by atoms with Crippen molar-refractivity contribution in [1.29, 1.82) is 0 Å². The summed E-state index contributed by atoms with van der Waals surface area (Å²) in [5.74, 6) is -12.3. The van der Waals surface area contributed by atoms with Gasteiger partial charge in [0.25, 0.3) is 0 Å². The van der Waals surface area contributed by atoms with Crippen LogP contribution in [0.15, 0.2) is 25.0 Å². The number of aliphatic carboxylic acids is 2. The molecule has 10 atom stereocenters. The Morgan fingerprint density at radius 3 is 1.07 bits per heavy atom. The van der Waals surface area contributed by atoms with E-state index in [1.807, 2.05) is 0 Å². The largest absolute Gasteiger partial charge is 0.481 e. The number of carboxylic acids is 2. The van der Waals surface area contributed by atoms with E-state index in [0.29, 0.717) is 19.3 Å². The van der Waals surface area contributed by atoms with Crippen LogP contribution in [0.1, 0.15) is 117 Å². The Morgan fingerprint density at radius 2 is 0.698 bits per heavy atom. The van der Waals surface area contributed by atoms with Crippen LogP contribution in [-0.4, -0.2) is 193 Å². The van der Waals surface area contributed by atoms with E-state index in [2.05, 4.69) is 67.5 Å². The van der Waals surface area contributed by atoms with Gasteiger partial charge in [0.2, 0.25) is 47.3 Å². The van der Waals surface area contributed by atoms with Crippen LogP contribution in [0.25, 0.3) is 0 Å². The third-order valence-electron chi connectivity index (χ3n) is 12.7. The third-order valence-corrected chi connectivity index (χ3v) is 12.7. The quantitative estimate of drug-likeness (QED) is 0.0153. The number of nitrogens with two attached hydrogens (primary N) is 12. The number of carboxylic acid groups (broad SMARTS) is 2. The number of guanidine groups is 5. The normalized spacial score (nSPS) is 14.2. The molecule has 0 fully saturated rings. The van der Waals surface area contributed by atoms with Gasteiger partial charge in [0.15, 0.2) is 29.8 Å². The Kier molecular flexibility index (Phi) is 38.2. The molecule has 0 unspecified atom stereocenters. The molecule has 37 heteroatoms. The van der Waals surface area contributed by atoms with Crippen molar-refractivity contribution in [3.8, 4) is 0 Å². The summed E-state index contributed by atoms with van der Waals surface area (Å²) in [6.45, 7) is 5.04. The number of hydrogen-bond donors (Lipinski definition) is 22. The number of aliphatic imine (C=N–C) groups is 5. The van der Waals surface area contributed by atoms with Crippen LogP contribution in [0.3, 0.4) is 0 Å². The molecule has 0 aromatic rings. The van der Waals surface area contributed by atoms with E-state index in [0.717, 1.165) is 0 Å². The highest BCUT2D eigenvalue weighted by Crippen LogP contribution is 2.13. The Bertz CT molecular complexity index is 2350. The van der Waals surface area contributed by atoms with Crippen molar-refractivity contribution in [1.82, 2.24) is 42.5 Å². The van der Waals surface area contributed by atoms with E-state index < -0.39 is 126 Å². The summed E-state index contributed by atoms with van der Waals surface area (Å²) in [6.07, 6.45) is 0.257. The maximum Gasteiger partial charge on any atom is 0.326 e. The zero-order chi connectivity index (χ0) is 65.5. The van der Waals surface area contributed by atoms with Crippen molar-refractivity contribution < 1.29 is 58.2 Å². The molecular formula is C49H95N25O12. The molecule has 0 heterocycles. The van der Waals surface area contributed by atoms with Gasteiger partial charge in [-0.25, -0.2) is 4.79 Å². The molecule has 0 saturated heterocycles. The zero-order valence-electron chi connectivity index (χ0n) is 49.3. The number of carbonyl (C=O) groups is 10. The van der Waals surface area contributed by atoms with E-state index >= 15 is 0 Å². The van der Waals surface area contributed by atoms with Crippen LogP contribution in [0.5, 0.6) is 0 Å². The van der Waals surface area contributed by atoms with Crippen LogP contribution in [-0.2, 0) is 47.9 Å². The minimum atomic E-state index is -1.91. The first kappa shape index (κ1) is 77.0. The minimum Gasteiger partial charge on any atom is -0.481 e. The van der Waals surface area contributed by atoms with Crippen LogP contribution < -0.4 is 111 Å². The van der Waals surface area contributed by atoms with Crippen molar-refractivity contribution in [3.05, 3.63) is 0 Å². The number of nitrogens with zero attached hydrogens (tertiary/aromatic N) is 5. The summed E-state index contributed by atoms with van der Waals surface area (Å²) in [5.41, 5.74) is 66.1. The fourth-order valence-electron chi connectivity index (χ4n) is 7.86. The fourth-order valence-corrected chi connectivity index (χ4v) is 7.86. The summed E-state index contributed by atoms with van der Waals surface area (Å²) in [6, 6.07) is -13.0. The molecule has 37 nitrogen and oxygen atoms in total. The maximum absolute atomic E-state index is 14.4. The lowest BCUT2D eigenvalue weighted by atomic mass is 9.96. The Balaban J connectivity index is 6.98. The van der Waals surface area contributed by atoms with E-state index in [1.165, 1.54) is 6.92 Å². The maximum atomic E-state index is 14.4. The molecule has 0 aromatic carbocycles. The summed E-state index contributed by atoms with van der Waals surface area (Å²) in [4.78, 5) is 155. The first-order chi connectivity index (χ1) is 40.4. The standard InChI is InChI=1S/C49H95N25O12/c1-4-25(2)35(74-41(82)31(17-11-23-66-49(60)61)68-36(77)26(3)67-38(79)28(14-8-20-63-46(54)55)69-37(78)27(51)12-7-19-62-45(52)53)43(84)71-30(16-10-22-65-48(58)59)40(81)73-33(24-34(75)76)42(83)70-29(15-9-21-64-47(56)57)39(80)72-32(44(85)86)13-5-6-18-50/h25-33,35H,4-24,50-51H2,1-3H3,(H,67,79)(H,68,77)(H,69,78)(H,70,83)(H,71,84)(H,72,80)(H,73,81)(H,74,82)(H,75,76)(H,85,86)(H4,52,53,62)(H4,54,55,63)(H4,56,57,64)(H4,58,59,65)(H4,60,61,66)/t25-,26-,27-,28-,29-,30-,31-,32-,33-,35-/m0/s1. The lowest BCUT2D eigenvalue weighted by molar-refractivity contribution is -0.143. The summed E-state index contributed by atoms with van der Waals surface area (Å²) in [5, 5.41) is 39.7. The fraction of sp³-hybridized carbons (Fsp3) is 0.694. The summed E-state index contributed by atoms with van der Waals surface area (Å²) in [7, 11) is 0. The van der Waals surface area contributed by atoms with Gasteiger partial charge in [-0.15, -0.1) is 0 Å². The number of nitrogens with one attached hydrogen (secondary N) is 8. The molecule has 34 N–H and O–H groups in total. The van der Waals surface area contributed by atoms with Gasteiger partial charge < -0.3 is 122 Å². The molecule has 0 aromatic heterocycles. The van der Waals surface area contributed by atoms with Crippen molar-refractivity contribution in [2.45, 2.75) is 171 Å². The summed E-state index contributed by atoms with van der Waals surface area (Å²) >= 11 is 0. The molecule has 8 amide bonds. The average molecular weight is 1230 g/mol. The molecule has 0 bridgehead atoms. The molecule has 0 radical (unpaired) electrons. The highest BCUT2D eigenvalue weighted by molar-refractivity contribution is 5.99. The van der Waals surface area contributed by atoms with Crippen molar-refractivity contribution in [3.63, 3.8) is 0 Å². The van der Waals surface area contributed by atoms with E-state index in [4.69, 9.17) is 68.8 Å². The molecule has 0 spiro atoms. The Morgan fingerprint density at radius 1 is 0.384 bits per heavy atom. The molecule has 0 aliphatic rings. The topological polar surface area (TPSA) is 681 Å². The first-order valence-corrected chi connectivity index (χ1v) is 28.0. The molecule has 0 saturated carbocycles.